The first kappa shape index (κ1) is 13.3. The van der Waals surface area contributed by atoms with Crippen molar-refractivity contribution < 1.29 is 4.79 Å². The molecule has 0 radical (unpaired) electrons. The van der Waals surface area contributed by atoms with E-state index in [1.54, 1.807) is 11.3 Å². The van der Waals surface area contributed by atoms with E-state index in [1.807, 2.05) is 35.1 Å². The molecule has 0 saturated carbocycles. The van der Waals surface area contributed by atoms with Crippen LogP contribution in [0.2, 0.25) is 0 Å². The van der Waals surface area contributed by atoms with E-state index in [-0.39, 0.29) is 11.8 Å². The van der Waals surface area contributed by atoms with Gasteiger partial charge >= 0.3 is 0 Å². The molecular weight excluding hydrogens is 294 g/mol. The highest BCUT2D eigenvalue weighted by Gasteiger charge is 2.29. The number of hydrogen-bond donors (Lipinski definition) is 1. The fourth-order valence-electron chi connectivity index (χ4n) is 2.92. The maximum atomic E-state index is 12.1. The average Bonchev–Trinajstić information content (AvgIpc) is 3.18. The number of nitrogens with one attached hydrogen (secondary N) is 1. The van der Waals surface area contributed by atoms with Gasteiger partial charge in [-0.3, -0.25) is 4.79 Å². The van der Waals surface area contributed by atoms with Gasteiger partial charge in [-0.1, -0.05) is 36.4 Å². The van der Waals surface area contributed by atoms with Crippen LogP contribution in [0.3, 0.4) is 0 Å². The van der Waals surface area contributed by atoms with Gasteiger partial charge in [-0.05, 0) is 17.0 Å². The Hall–Kier alpha value is -2.40. The summed E-state index contributed by atoms with van der Waals surface area (Å²) in [5, 5.41) is 9.53. The number of hydrogen-bond acceptors (Lipinski definition) is 3. The van der Waals surface area contributed by atoms with Gasteiger partial charge in [0.1, 0.15) is 5.82 Å². The number of rotatable bonds is 3. The molecule has 1 aliphatic rings. The molecule has 5 heteroatoms. The van der Waals surface area contributed by atoms with Crippen molar-refractivity contribution in [1.82, 2.24) is 9.78 Å². The molecule has 0 aliphatic carbocycles. The van der Waals surface area contributed by atoms with E-state index in [4.69, 9.17) is 0 Å². The molecule has 1 aliphatic heterocycles. The van der Waals surface area contributed by atoms with Gasteiger partial charge in [0, 0.05) is 22.8 Å². The Kier molecular flexibility index (Phi) is 3.27. The monoisotopic (exact) mass is 309 g/mol. The second-order valence-electron chi connectivity index (χ2n) is 5.40. The van der Waals surface area contributed by atoms with Crippen molar-refractivity contribution in [3.63, 3.8) is 0 Å². The number of carbonyl (C=O) groups is 1. The molecule has 2 aromatic heterocycles. The van der Waals surface area contributed by atoms with Crippen molar-refractivity contribution in [2.75, 3.05) is 5.32 Å². The zero-order valence-electron chi connectivity index (χ0n) is 11.9. The summed E-state index contributed by atoms with van der Waals surface area (Å²) in [7, 11) is 0. The lowest BCUT2D eigenvalue weighted by Crippen LogP contribution is -2.25. The van der Waals surface area contributed by atoms with Gasteiger partial charge in [-0.25, -0.2) is 4.68 Å². The average molecular weight is 309 g/mol. The molecule has 0 saturated heterocycles. The van der Waals surface area contributed by atoms with E-state index in [0.717, 1.165) is 16.9 Å². The van der Waals surface area contributed by atoms with Crippen LogP contribution >= 0.6 is 11.3 Å². The van der Waals surface area contributed by atoms with Crippen LogP contribution in [0.4, 0.5) is 5.82 Å². The number of benzene rings is 1. The molecular formula is C17H15N3OS. The molecule has 1 atom stereocenters. The molecule has 1 aromatic carbocycles. The van der Waals surface area contributed by atoms with Crippen LogP contribution in [0.1, 0.15) is 28.3 Å². The largest absolute Gasteiger partial charge is 0.311 e. The Labute approximate surface area is 132 Å². The van der Waals surface area contributed by atoms with Gasteiger partial charge < -0.3 is 5.32 Å². The second-order valence-corrected chi connectivity index (χ2v) is 6.43. The highest BCUT2D eigenvalue weighted by atomic mass is 32.1. The van der Waals surface area contributed by atoms with Crippen molar-refractivity contribution in [2.45, 2.75) is 18.9 Å². The first-order chi connectivity index (χ1) is 10.8. The zero-order chi connectivity index (χ0) is 14.9. The fraction of sp³-hybridized carbons (Fsp3) is 0.176. The molecule has 1 unspecified atom stereocenters. The first-order valence-corrected chi connectivity index (χ1v) is 8.12. The van der Waals surface area contributed by atoms with Gasteiger partial charge in [0.2, 0.25) is 5.91 Å². The number of amides is 1. The third-order valence-electron chi connectivity index (χ3n) is 3.98. The number of fused-ring (bicyclic) bond motifs is 1. The summed E-state index contributed by atoms with van der Waals surface area (Å²) in [6.45, 7) is 0.689. The van der Waals surface area contributed by atoms with Gasteiger partial charge in [-0.2, -0.15) is 5.10 Å². The van der Waals surface area contributed by atoms with Crippen LogP contribution in [-0.2, 0) is 11.3 Å². The third kappa shape index (κ3) is 2.33. The van der Waals surface area contributed by atoms with Crippen LogP contribution in [0, 0.1) is 0 Å². The number of anilines is 1. The minimum Gasteiger partial charge on any atom is -0.311 e. The summed E-state index contributed by atoms with van der Waals surface area (Å²) in [5.41, 5.74) is 2.26. The highest BCUT2D eigenvalue weighted by molar-refractivity contribution is 7.09. The number of nitrogens with zero attached hydrogens (tertiary/aromatic N) is 2. The van der Waals surface area contributed by atoms with Crippen molar-refractivity contribution in [3.05, 3.63) is 70.0 Å². The summed E-state index contributed by atoms with van der Waals surface area (Å²) in [5.74, 6) is 0.967. The first-order valence-electron chi connectivity index (χ1n) is 7.24. The van der Waals surface area contributed by atoms with Crippen LogP contribution in [0.5, 0.6) is 0 Å². The second kappa shape index (κ2) is 5.42. The fourth-order valence-corrected chi connectivity index (χ4v) is 3.61. The van der Waals surface area contributed by atoms with Crippen molar-refractivity contribution in [3.8, 4) is 0 Å². The molecule has 22 heavy (non-hydrogen) atoms. The molecule has 4 nitrogen and oxygen atoms in total. The highest BCUT2D eigenvalue weighted by Crippen LogP contribution is 2.37. The standard InChI is InChI=1S/C17H15N3OS/c21-16-9-14(12-5-2-1-3-6-12)15-10-18-20(17(15)19-16)11-13-7-4-8-22-13/h1-8,10,14H,9,11H2,(H,19,21). The molecule has 0 fully saturated rings. The summed E-state index contributed by atoms with van der Waals surface area (Å²) in [6.07, 6.45) is 2.36. The molecule has 1 N–H and O–H groups in total. The van der Waals surface area contributed by atoms with Gasteiger partial charge in [0.05, 0.1) is 12.7 Å². The van der Waals surface area contributed by atoms with Crippen LogP contribution < -0.4 is 5.32 Å². The van der Waals surface area contributed by atoms with Gasteiger partial charge in [0.25, 0.3) is 0 Å². The Balaban J connectivity index is 1.73. The SMILES string of the molecule is O=C1CC(c2ccccc2)c2cnn(Cc3cccs3)c2N1. The molecule has 3 heterocycles. The topological polar surface area (TPSA) is 46.9 Å². The van der Waals surface area contributed by atoms with Crippen LogP contribution in [0.25, 0.3) is 0 Å². The van der Waals surface area contributed by atoms with E-state index >= 15 is 0 Å². The summed E-state index contributed by atoms with van der Waals surface area (Å²) < 4.78 is 1.88. The Morgan fingerprint density at radius 3 is 2.86 bits per heavy atom. The van der Waals surface area contributed by atoms with E-state index in [1.165, 1.54) is 4.88 Å². The third-order valence-corrected chi connectivity index (χ3v) is 4.84. The van der Waals surface area contributed by atoms with Crippen molar-refractivity contribution >= 4 is 23.1 Å². The van der Waals surface area contributed by atoms with Gasteiger partial charge in [-0.15, -0.1) is 11.3 Å². The lowest BCUT2D eigenvalue weighted by molar-refractivity contribution is -0.116. The Morgan fingerprint density at radius 1 is 1.23 bits per heavy atom. The Morgan fingerprint density at radius 2 is 2.09 bits per heavy atom. The van der Waals surface area contributed by atoms with Crippen molar-refractivity contribution in [2.24, 2.45) is 0 Å². The summed E-state index contributed by atoms with van der Waals surface area (Å²) in [4.78, 5) is 13.3. The molecule has 3 aromatic rings. The Bertz CT molecular complexity index is 793. The predicted molar refractivity (Wildman–Crippen MR) is 87.2 cm³/mol. The van der Waals surface area contributed by atoms with Gasteiger partial charge in [0.15, 0.2) is 0 Å². The zero-order valence-corrected chi connectivity index (χ0v) is 12.7. The normalized spacial score (nSPS) is 17.1. The lowest BCUT2D eigenvalue weighted by atomic mass is 9.87. The molecule has 0 bridgehead atoms. The smallest absolute Gasteiger partial charge is 0.226 e. The van der Waals surface area contributed by atoms with E-state index in [0.29, 0.717) is 13.0 Å². The van der Waals surface area contributed by atoms with Crippen LogP contribution in [0.15, 0.2) is 54.0 Å². The number of carbonyl (C=O) groups excluding carboxylic acids is 1. The van der Waals surface area contributed by atoms with Crippen LogP contribution in [-0.4, -0.2) is 15.7 Å². The summed E-state index contributed by atoms with van der Waals surface area (Å²) in [6, 6.07) is 14.3. The molecule has 1 amide bonds. The molecule has 0 spiro atoms. The van der Waals surface area contributed by atoms with Crippen molar-refractivity contribution in [1.29, 1.82) is 0 Å². The lowest BCUT2D eigenvalue weighted by Gasteiger charge is -2.23. The van der Waals surface area contributed by atoms with E-state index in [2.05, 4.69) is 34.0 Å². The molecule has 4 rings (SSSR count). The van der Waals surface area contributed by atoms with E-state index < -0.39 is 0 Å². The quantitative estimate of drug-likeness (QED) is 0.805. The van der Waals surface area contributed by atoms with E-state index in [9.17, 15) is 4.79 Å². The molecule has 110 valence electrons. The minimum absolute atomic E-state index is 0.0503. The predicted octanol–water partition coefficient (Wildman–Crippen LogP) is 3.47. The maximum Gasteiger partial charge on any atom is 0.226 e. The number of aromatic nitrogens is 2. The summed E-state index contributed by atoms with van der Waals surface area (Å²) >= 11 is 1.70. The minimum atomic E-state index is 0.0503. The maximum absolute atomic E-state index is 12.1. The number of thiophene rings is 1.